The summed E-state index contributed by atoms with van der Waals surface area (Å²) >= 11 is 0. The van der Waals surface area contributed by atoms with Crippen LogP contribution in [0.5, 0.6) is 0 Å². The maximum Gasteiger partial charge on any atom is 0.168 e. The molecule has 4 nitrogen and oxygen atoms in total. The number of hydrogen-bond donors (Lipinski definition) is 2. The Bertz CT molecular complexity index is 213. The predicted molar refractivity (Wildman–Crippen MR) is 46.4 cm³/mol. The average molecular weight is 198 g/mol. The number of rotatable bonds is 2. The zero-order valence-corrected chi connectivity index (χ0v) is 7.24. The van der Waals surface area contributed by atoms with Crippen molar-refractivity contribution in [1.29, 1.82) is 0 Å². The van der Waals surface area contributed by atoms with Crippen molar-refractivity contribution >= 4 is 31.1 Å². The van der Waals surface area contributed by atoms with Gasteiger partial charge in [0.1, 0.15) is 5.69 Å². The van der Waals surface area contributed by atoms with Gasteiger partial charge in [-0.3, -0.25) is 9.89 Å². The summed E-state index contributed by atoms with van der Waals surface area (Å²) in [6, 6.07) is 0. The van der Waals surface area contributed by atoms with Gasteiger partial charge in [0.25, 0.3) is 0 Å². The highest BCUT2D eigenvalue weighted by atomic mass is 35.5. The molecule has 6 heteroatoms. The molecule has 64 valence electrons. The molecule has 0 spiro atoms. The number of nitrogens with one attached hydrogen (secondary N) is 1. The largest absolute Gasteiger partial charge is 0.326 e. The molecule has 3 N–H and O–H groups in total. The lowest BCUT2D eigenvalue weighted by Crippen LogP contribution is -1.97. The number of aldehydes is 1. The first-order valence-electron chi connectivity index (χ1n) is 2.56. The Balaban J connectivity index is 0. The smallest absolute Gasteiger partial charge is 0.168 e. The Morgan fingerprint density at radius 1 is 1.64 bits per heavy atom. The van der Waals surface area contributed by atoms with Crippen LogP contribution in [0.2, 0.25) is 0 Å². The van der Waals surface area contributed by atoms with E-state index in [1.165, 1.54) is 0 Å². The topological polar surface area (TPSA) is 71.8 Å². The normalized spacial score (nSPS) is 7.73. The standard InChI is InChI=1S/C5H7N3O.2ClH/c6-1-4-2-7-8-5(4)3-9;;/h2-3H,1,6H2,(H,7,8);2*1H. The number of carbonyl (C=O) groups is 1. The summed E-state index contributed by atoms with van der Waals surface area (Å²) in [7, 11) is 0. The molecule has 1 aromatic heterocycles. The number of halogens is 2. The van der Waals surface area contributed by atoms with E-state index in [-0.39, 0.29) is 24.8 Å². The van der Waals surface area contributed by atoms with Crippen LogP contribution in [0.3, 0.4) is 0 Å². The zero-order valence-electron chi connectivity index (χ0n) is 5.61. The van der Waals surface area contributed by atoms with Gasteiger partial charge in [-0.2, -0.15) is 5.10 Å². The Morgan fingerprint density at radius 2 is 2.27 bits per heavy atom. The first-order valence-corrected chi connectivity index (χ1v) is 2.56. The van der Waals surface area contributed by atoms with Gasteiger partial charge in [0, 0.05) is 12.1 Å². The highest BCUT2D eigenvalue weighted by molar-refractivity contribution is 5.85. The summed E-state index contributed by atoms with van der Waals surface area (Å²) in [6.45, 7) is 0.352. The molecular formula is C5H9Cl2N3O. The van der Waals surface area contributed by atoms with Crippen molar-refractivity contribution < 1.29 is 4.79 Å². The van der Waals surface area contributed by atoms with E-state index in [4.69, 9.17) is 5.73 Å². The fraction of sp³-hybridized carbons (Fsp3) is 0.200. The molecule has 0 aliphatic heterocycles. The van der Waals surface area contributed by atoms with Crippen LogP contribution in [0.1, 0.15) is 16.1 Å². The van der Waals surface area contributed by atoms with E-state index in [0.717, 1.165) is 5.56 Å². The predicted octanol–water partition coefficient (Wildman–Crippen LogP) is 0.525. The number of nitrogens with two attached hydrogens (primary N) is 1. The monoisotopic (exact) mass is 197 g/mol. The van der Waals surface area contributed by atoms with Gasteiger partial charge >= 0.3 is 0 Å². The van der Waals surface area contributed by atoms with Crippen LogP contribution in [0.15, 0.2) is 6.20 Å². The summed E-state index contributed by atoms with van der Waals surface area (Å²) in [6.07, 6.45) is 2.25. The van der Waals surface area contributed by atoms with Crippen LogP contribution in [0.4, 0.5) is 0 Å². The van der Waals surface area contributed by atoms with Crippen molar-refractivity contribution in [2.24, 2.45) is 5.73 Å². The fourth-order valence-corrected chi connectivity index (χ4v) is 0.586. The Labute approximate surface area is 76.4 Å². The van der Waals surface area contributed by atoms with Gasteiger partial charge < -0.3 is 5.73 Å². The maximum atomic E-state index is 10.1. The fourth-order valence-electron chi connectivity index (χ4n) is 0.586. The quantitative estimate of drug-likeness (QED) is 0.680. The minimum Gasteiger partial charge on any atom is -0.326 e. The molecule has 0 amide bonds. The summed E-state index contributed by atoms with van der Waals surface area (Å²) in [4.78, 5) is 10.1. The Morgan fingerprint density at radius 3 is 2.64 bits per heavy atom. The molecule has 0 atom stereocenters. The molecule has 1 aromatic rings. The summed E-state index contributed by atoms with van der Waals surface area (Å²) in [5.74, 6) is 0. The van der Waals surface area contributed by atoms with E-state index < -0.39 is 0 Å². The van der Waals surface area contributed by atoms with E-state index in [2.05, 4.69) is 10.2 Å². The number of aromatic amines is 1. The SMILES string of the molecule is Cl.Cl.NCc1cn[nH]c1C=O. The molecule has 1 rings (SSSR count). The molecule has 1 heterocycles. The van der Waals surface area contributed by atoms with E-state index in [1.54, 1.807) is 6.20 Å². The van der Waals surface area contributed by atoms with Gasteiger partial charge in [-0.25, -0.2) is 0 Å². The number of nitrogens with zero attached hydrogens (tertiary/aromatic N) is 1. The zero-order chi connectivity index (χ0) is 6.69. The van der Waals surface area contributed by atoms with Gasteiger partial charge in [-0.1, -0.05) is 0 Å². The minimum absolute atomic E-state index is 0. The van der Waals surface area contributed by atoms with Crippen LogP contribution >= 0.6 is 24.8 Å². The van der Waals surface area contributed by atoms with Gasteiger partial charge in [0.15, 0.2) is 6.29 Å². The number of H-pyrrole nitrogens is 1. The minimum atomic E-state index is 0. The number of carbonyl (C=O) groups excluding carboxylic acids is 1. The second-order valence-electron chi connectivity index (χ2n) is 1.63. The van der Waals surface area contributed by atoms with E-state index in [9.17, 15) is 4.79 Å². The molecule has 0 saturated heterocycles. The maximum absolute atomic E-state index is 10.1. The molecule has 0 saturated carbocycles. The lowest BCUT2D eigenvalue weighted by atomic mass is 10.3. The molecular weight excluding hydrogens is 189 g/mol. The third-order valence-electron chi connectivity index (χ3n) is 1.09. The van der Waals surface area contributed by atoms with Gasteiger partial charge in [0.05, 0.1) is 6.20 Å². The average Bonchev–Trinajstić information content (AvgIpc) is 2.33. The van der Waals surface area contributed by atoms with Gasteiger partial charge in [0.2, 0.25) is 0 Å². The second-order valence-corrected chi connectivity index (χ2v) is 1.63. The molecule has 11 heavy (non-hydrogen) atoms. The van der Waals surface area contributed by atoms with Crippen LogP contribution in [-0.2, 0) is 6.54 Å². The molecule has 0 radical (unpaired) electrons. The van der Waals surface area contributed by atoms with E-state index >= 15 is 0 Å². The third kappa shape index (κ3) is 2.88. The molecule has 0 aliphatic carbocycles. The molecule has 0 aromatic carbocycles. The number of aromatic nitrogens is 2. The summed E-state index contributed by atoms with van der Waals surface area (Å²) in [5.41, 5.74) is 6.48. The van der Waals surface area contributed by atoms with Crippen LogP contribution < -0.4 is 5.73 Å². The first kappa shape index (κ1) is 13.0. The van der Waals surface area contributed by atoms with Crippen LogP contribution in [0, 0.1) is 0 Å². The van der Waals surface area contributed by atoms with Crippen molar-refractivity contribution in [3.05, 3.63) is 17.5 Å². The highest BCUT2D eigenvalue weighted by Gasteiger charge is 1.98. The Hall–Kier alpha value is -0.580. The van der Waals surface area contributed by atoms with Crippen LogP contribution in [0.25, 0.3) is 0 Å². The molecule has 0 fully saturated rings. The molecule has 0 bridgehead atoms. The van der Waals surface area contributed by atoms with E-state index in [0.29, 0.717) is 18.5 Å². The lowest BCUT2D eigenvalue weighted by molar-refractivity contribution is 0.111. The van der Waals surface area contributed by atoms with Crippen molar-refractivity contribution in [3.63, 3.8) is 0 Å². The van der Waals surface area contributed by atoms with Gasteiger partial charge in [-0.15, -0.1) is 24.8 Å². The second kappa shape index (κ2) is 6.15. The molecule has 0 unspecified atom stereocenters. The van der Waals surface area contributed by atoms with Crippen molar-refractivity contribution in [2.75, 3.05) is 0 Å². The van der Waals surface area contributed by atoms with Gasteiger partial charge in [-0.05, 0) is 0 Å². The third-order valence-corrected chi connectivity index (χ3v) is 1.09. The van der Waals surface area contributed by atoms with Crippen molar-refractivity contribution in [3.8, 4) is 0 Å². The number of hydrogen-bond acceptors (Lipinski definition) is 3. The summed E-state index contributed by atoms with van der Waals surface area (Å²) in [5, 5.41) is 6.14. The first-order chi connectivity index (χ1) is 4.38. The van der Waals surface area contributed by atoms with E-state index in [1.807, 2.05) is 0 Å². The Kier molecular flexibility index (Phi) is 7.29. The van der Waals surface area contributed by atoms with Crippen LogP contribution in [-0.4, -0.2) is 16.5 Å². The van der Waals surface area contributed by atoms with Crippen molar-refractivity contribution in [2.45, 2.75) is 6.54 Å². The summed E-state index contributed by atoms with van der Waals surface area (Å²) < 4.78 is 0. The molecule has 0 aliphatic rings. The lowest BCUT2D eigenvalue weighted by Gasteiger charge is -1.85. The highest BCUT2D eigenvalue weighted by Crippen LogP contribution is 1.97. The van der Waals surface area contributed by atoms with Crippen molar-refractivity contribution in [1.82, 2.24) is 10.2 Å².